The Kier molecular flexibility index (Phi) is 4.20. The molecule has 0 aliphatic rings. The van der Waals surface area contributed by atoms with Crippen molar-refractivity contribution in [2.24, 2.45) is 10.9 Å². The minimum absolute atomic E-state index is 0.503. The summed E-state index contributed by atoms with van der Waals surface area (Å²) in [6, 6.07) is 10.3. The number of hydrogen-bond acceptors (Lipinski definition) is 1. The molecule has 1 rings (SSSR count). The minimum atomic E-state index is 0.503. The molecule has 0 heterocycles. The van der Waals surface area contributed by atoms with Crippen LogP contribution in [-0.2, 0) is 6.54 Å². The standard InChI is InChI=1S/C11H14NSe/c1-9(2)11(13)12-8-10-6-4-3-5-7-10/h3-7,9H,8H2,1-2H3. The normalized spacial score (nSPS) is 12.1. The number of nitrogens with zero attached hydrogens (tertiary/aromatic N) is 1. The van der Waals surface area contributed by atoms with Crippen molar-refractivity contribution in [1.29, 1.82) is 0 Å². The predicted octanol–water partition coefficient (Wildman–Crippen LogP) is 2.41. The molecular weight excluding hydrogens is 225 g/mol. The number of rotatable bonds is 3. The molecule has 1 radical (unpaired) electrons. The molecule has 1 aromatic carbocycles. The van der Waals surface area contributed by atoms with E-state index in [1.807, 2.05) is 18.2 Å². The van der Waals surface area contributed by atoms with Gasteiger partial charge in [-0.2, -0.15) is 0 Å². The van der Waals surface area contributed by atoms with Crippen LogP contribution in [0.5, 0.6) is 0 Å². The van der Waals surface area contributed by atoms with E-state index >= 15 is 0 Å². The van der Waals surface area contributed by atoms with Crippen LogP contribution in [0.15, 0.2) is 35.3 Å². The second-order valence-corrected chi connectivity index (χ2v) is 4.17. The molecule has 2 heteroatoms. The van der Waals surface area contributed by atoms with Crippen molar-refractivity contribution in [2.75, 3.05) is 0 Å². The van der Waals surface area contributed by atoms with Crippen molar-refractivity contribution in [1.82, 2.24) is 0 Å². The molecule has 0 fully saturated rings. The van der Waals surface area contributed by atoms with Crippen molar-refractivity contribution in [3.05, 3.63) is 35.9 Å². The molecule has 13 heavy (non-hydrogen) atoms. The summed E-state index contributed by atoms with van der Waals surface area (Å²) in [4.78, 5) is 4.46. The molecular formula is C11H14NSe. The van der Waals surface area contributed by atoms with E-state index in [2.05, 4.69) is 47.0 Å². The van der Waals surface area contributed by atoms with Crippen LogP contribution in [0, 0.1) is 5.92 Å². The van der Waals surface area contributed by atoms with Crippen LogP contribution in [0.1, 0.15) is 19.4 Å². The Labute approximate surface area is 88.1 Å². The van der Waals surface area contributed by atoms with Crippen molar-refractivity contribution in [2.45, 2.75) is 20.4 Å². The zero-order chi connectivity index (χ0) is 9.68. The molecule has 0 aliphatic carbocycles. The summed E-state index contributed by atoms with van der Waals surface area (Å²) < 4.78 is 1.10. The molecule has 0 unspecified atom stereocenters. The first-order valence-electron chi connectivity index (χ1n) is 4.45. The van der Waals surface area contributed by atoms with Gasteiger partial charge in [0, 0.05) is 0 Å². The van der Waals surface area contributed by atoms with E-state index in [0.29, 0.717) is 5.92 Å². The molecule has 0 aliphatic heterocycles. The fraction of sp³-hybridized carbons (Fsp3) is 0.364. The van der Waals surface area contributed by atoms with E-state index in [4.69, 9.17) is 0 Å². The van der Waals surface area contributed by atoms with Crippen molar-refractivity contribution in [3.8, 4) is 0 Å². The first-order valence-corrected chi connectivity index (χ1v) is 5.31. The topological polar surface area (TPSA) is 12.4 Å². The van der Waals surface area contributed by atoms with Gasteiger partial charge in [-0.1, -0.05) is 0 Å². The second kappa shape index (κ2) is 5.21. The summed E-state index contributed by atoms with van der Waals surface area (Å²) in [7, 11) is 0. The average Bonchev–Trinajstić information content (AvgIpc) is 2.15. The SMILES string of the molecule is CC(C)C([Se])=NCc1ccccc1. The Morgan fingerprint density at radius 1 is 1.31 bits per heavy atom. The molecule has 0 bridgehead atoms. The molecule has 0 N–H and O–H groups in total. The van der Waals surface area contributed by atoms with Gasteiger partial charge in [-0.15, -0.1) is 0 Å². The van der Waals surface area contributed by atoms with Gasteiger partial charge in [0.25, 0.3) is 0 Å². The Morgan fingerprint density at radius 2 is 1.92 bits per heavy atom. The molecule has 0 aromatic heterocycles. The summed E-state index contributed by atoms with van der Waals surface area (Å²) in [6.45, 7) is 5.06. The molecule has 0 amide bonds. The van der Waals surface area contributed by atoms with Gasteiger partial charge in [0.1, 0.15) is 0 Å². The maximum absolute atomic E-state index is 4.46. The summed E-state index contributed by atoms with van der Waals surface area (Å²) in [5.74, 6) is 0.503. The van der Waals surface area contributed by atoms with Crippen LogP contribution in [0.3, 0.4) is 0 Å². The van der Waals surface area contributed by atoms with Gasteiger partial charge in [0.2, 0.25) is 0 Å². The molecule has 0 saturated heterocycles. The molecule has 0 atom stereocenters. The predicted molar refractivity (Wildman–Crippen MR) is 58.2 cm³/mol. The zero-order valence-electron chi connectivity index (χ0n) is 8.03. The van der Waals surface area contributed by atoms with Crippen LogP contribution in [-0.4, -0.2) is 20.6 Å². The number of aliphatic imine (C=N–C) groups is 1. The third-order valence-electron chi connectivity index (χ3n) is 1.75. The molecule has 1 nitrogen and oxygen atoms in total. The average molecular weight is 239 g/mol. The number of hydrogen-bond donors (Lipinski definition) is 0. The third-order valence-corrected chi connectivity index (χ3v) is 3.01. The number of benzene rings is 1. The Bertz CT molecular complexity index is 277. The monoisotopic (exact) mass is 240 g/mol. The van der Waals surface area contributed by atoms with Gasteiger partial charge in [-0.25, -0.2) is 0 Å². The van der Waals surface area contributed by atoms with E-state index in [0.717, 1.165) is 11.2 Å². The Balaban J connectivity index is 2.57. The fourth-order valence-electron chi connectivity index (χ4n) is 0.935. The van der Waals surface area contributed by atoms with Gasteiger partial charge in [0.05, 0.1) is 0 Å². The van der Waals surface area contributed by atoms with Crippen LogP contribution < -0.4 is 0 Å². The Morgan fingerprint density at radius 3 is 2.46 bits per heavy atom. The van der Waals surface area contributed by atoms with Crippen molar-refractivity contribution < 1.29 is 0 Å². The molecule has 1 aromatic rings. The van der Waals surface area contributed by atoms with Crippen LogP contribution in [0.2, 0.25) is 0 Å². The quantitative estimate of drug-likeness (QED) is 0.567. The van der Waals surface area contributed by atoms with E-state index < -0.39 is 0 Å². The van der Waals surface area contributed by atoms with Crippen molar-refractivity contribution in [3.63, 3.8) is 0 Å². The fourth-order valence-corrected chi connectivity index (χ4v) is 1.07. The third kappa shape index (κ3) is 3.75. The van der Waals surface area contributed by atoms with Crippen LogP contribution >= 0.6 is 0 Å². The first-order chi connectivity index (χ1) is 6.20. The van der Waals surface area contributed by atoms with E-state index in [9.17, 15) is 0 Å². The molecule has 0 spiro atoms. The van der Waals surface area contributed by atoms with Gasteiger partial charge < -0.3 is 0 Å². The molecule has 69 valence electrons. The van der Waals surface area contributed by atoms with E-state index in [1.165, 1.54) is 5.56 Å². The van der Waals surface area contributed by atoms with Gasteiger partial charge in [0.15, 0.2) is 0 Å². The van der Waals surface area contributed by atoms with Crippen LogP contribution in [0.25, 0.3) is 0 Å². The second-order valence-electron chi connectivity index (χ2n) is 3.29. The van der Waals surface area contributed by atoms with Crippen molar-refractivity contribution >= 4 is 20.6 Å². The molecule has 0 saturated carbocycles. The van der Waals surface area contributed by atoms with E-state index in [-0.39, 0.29) is 0 Å². The Hall–Kier alpha value is -0.591. The zero-order valence-corrected chi connectivity index (χ0v) is 9.74. The summed E-state index contributed by atoms with van der Waals surface area (Å²) >= 11 is 3.00. The van der Waals surface area contributed by atoms with Gasteiger partial charge in [-0.3, -0.25) is 0 Å². The summed E-state index contributed by atoms with van der Waals surface area (Å²) in [5.41, 5.74) is 1.26. The van der Waals surface area contributed by atoms with Gasteiger partial charge in [-0.05, 0) is 0 Å². The summed E-state index contributed by atoms with van der Waals surface area (Å²) in [6.07, 6.45) is 0. The van der Waals surface area contributed by atoms with E-state index in [1.54, 1.807) is 0 Å². The van der Waals surface area contributed by atoms with Crippen LogP contribution in [0.4, 0.5) is 0 Å². The maximum atomic E-state index is 4.46. The summed E-state index contributed by atoms with van der Waals surface area (Å²) in [5, 5.41) is 0. The first kappa shape index (κ1) is 10.5. The van der Waals surface area contributed by atoms with Gasteiger partial charge >= 0.3 is 87.8 Å².